The maximum Gasteiger partial charge on any atom is 0.257 e. The third-order valence-electron chi connectivity index (χ3n) is 4.25. The van der Waals surface area contributed by atoms with E-state index in [4.69, 9.17) is 16.1 Å². The van der Waals surface area contributed by atoms with Crippen LogP contribution >= 0.6 is 24.0 Å². The quantitative estimate of drug-likeness (QED) is 0.841. The van der Waals surface area contributed by atoms with Crippen LogP contribution in [0.25, 0.3) is 11.3 Å². The Hall–Kier alpha value is -1.63. The Balaban J connectivity index is 0.00000225. The van der Waals surface area contributed by atoms with Crippen LogP contribution in [0, 0.1) is 12.7 Å². The zero-order valence-electron chi connectivity index (χ0n) is 13.9. The molecule has 0 radical (unpaired) electrons. The molecule has 2 N–H and O–H groups in total. The number of carbonyl (C=O) groups is 1. The van der Waals surface area contributed by atoms with E-state index in [9.17, 15) is 9.18 Å². The maximum atomic E-state index is 14.2. The number of aromatic nitrogens is 1. The largest absolute Gasteiger partial charge is 0.360 e. The van der Waals surface area contributed by atoms with Gasteiger partial charge in [0.15, 0.2) is 0 Å². The number of aryl methyl sites for hydroxylation is 1. The lowest BCUT2D eigenvalue weighted by Crippen LogP contribution is -2.46. The Bertz CT molecular complexity index is 746. The summed E-state index contributed by atoms with van der Waals surface area (Å²) in [5.74, 6) is -0.522. The molecule has 2 atom stereocenters. The summed E-state index contributed by atoms with van der Waals surface area (Å²) in [6, 6.07) is 4.74. The highest BCUT2D eigenvalue weighted by Crippen LogP contribution is 2.33. The van der Waals surface area contributed by atoms with Crippen molar-refractivity contribution in [2.45, 2.75) is 38.8 Å². The van der Waals surface area contributed by atoms with E-state index in [1.807, 2.05) is 0 Å². The fraction of sp³-hybridized carbons (Fsp3) is 0.412. The summed E-state index contributed by atoms with van der Waals surface area (Å²) in [5, 5.41) is 10.4. The first kappa shape index (κ1) is 19.7. The molecule has 8 heteroatoms. The lowest BCUT2D eigenvalue weighted by Gasteiger charge is -2.28. The van der Waals surface area contributed by atoms with E-state index in [1.54, 1.807) is 13.0 Å². The van der Waals surface area contributed by atoms with Gasteiger partial charge in [0.05, 0.1) is 10.6 Å². The Morgan fingerprint density at radius 3 is 2.92 bits per heavy atom. The molecular weight excluding hydrogens is 368 g/mol. The van der Waals surface area contributed by atoms with Gasteiger partial charge in [0, 0.05) is 12.1 Å². The van der Waals surface area contributed by atoms with Crippen LogP contribution in [0.5, 0.6) is 0 Å². The number of hydrogen-bond acceptors (Lipinski definition) is 4. The Morgan fingerprint density at radius 1 is 1.48 bits per heavy atom. The van der Waals surface area contributed by atoms with Crippen molar-refractivity contribution < 1.29 is 13.7 Å². The number of nitrogens with one attached hydrogen (secondary N) is 2. The van der Waals surface area contributed by atoms with Crippen LogP contribution in [-0.4, -0.2) is 29.7 Å². The summed E-state index contributed by atoms with van der Waals surface area (Å²) in [6.07, 6.45) is 1.68. The van der Waals surface area contributed by atoms with E-state index in [0.717, 1.165) is 19.4 Å². The van der Waals surface area contributed by atoms with Gasteiger partial charge >= 0.3 is 0 Å². The van der Waals surface area contributed by atoms with Crippen molar-refractivity contribution in [3.8, 4) is 11.3 Å². The maximum absolute atomic E-state index is 14.2. The SMILES string of the molecule is Cc1onc(-c2c(F)cccc2Cl)c1C(=O)NC1CCNC(C)C1.Cl. The molecule has 136 valence electrons. The first-order chi connectivity index (χ1) is 11.5. The van der Waals surface area contributed by atoms with Crippen LogP contribution in [0.2, 0.25) is 5.02 Å². The molecule has 0 spiro atoms. The summed E-state index contributed by atoms with van der Waals surface area (Å²) >= 11 is 6.10. The van der Waals surface area contributed by atoms with E-state index in [0.29, 0.717) is 11.8 Å². The first-order valence-electron chi connectivity index (χ1n) is 7.92. The van der Waals surface area contributed by atoms with E-state index in [2.05, 4.69) is 22.7 Å². The normalized spacial score (nSPS) is 20.0. The van der Waals surface area contributed by atoms with Gasteiger partial charge in [-0.2, -0.15) is 0 Å². The zero-order chi connectivity index (χ0) is 17.3. The van der Waals surface area contributed by atoms with Crippen LogP contribution in [0.3, 0.4) is 0 Å². The summed E-state index contributed by atoms with van der Waals surface area (Å²) < 4.78 is 19.3. The Labute approximate surface area is 156 Å². The molecule has 1 fully saturated rings. The molecule has 3 rings (SSSR count). The summed E-state index contributed by atoms with van der Waals surface area (Å²) in [6.45, 7) is 4.56. The Morgan fingerprint density at radius 2 is 2.24 bits per heavy atom. The molecule has 1 aliphatic rings. The predicted molar refractivity (Wildman–Crippen MR) is 96.8 cm³/mol. The van der Waals surface area contributed by atoms with Crippen molar-refractivity contribution in [1.29, 1.82) is 0 Å². The van der Waals surface area contributed by atoms with Crippen molar-refractivity contribution in [2.75, 3.05) is 6.54 Å². The van der Waals surface area contributed by atoms with E-state index in [1.165, 1.54) is 12.1 Å². The number of nitrogens with zero attached hydrogens (tertiary/aromatic N) is 1. The van der Waals surface area contributed by atoms with Crippen molar-refractivity contribution in [2.24, 2.45) is 0 Å². The Kier molecular flexibility index (Phi) is 6.43. The van der Waals surface area contributed by atoms with Gasteiger partial charge in [-0.1, -0.05) is 22.8 Å². The van der Waals surface area contributed by atoms with Crippen LogP contribution < -0.4 is 10.6 Å². The lowest BCUT2D eigenvalue weighted by molar-refractivity contribution is 0.0924. The second-order valence-electron chi connectivity index (χ2n) is 6.11. The van der Waals surface area contributed by atoms with Gasteiger partial charge in [0.25, 0.3) is 5.91 Å². The highest BCUT2D eigenvalue weighted by molar-refractivity contribution is 6.33. The van der Waals surface area contributed by atoms with Gasteiger partial charge in [-0.3, -0.25) is 4.79 Å². The van der Waals surface area contributed by atoms with E-state index < -0.39 is 5.82 Å². The van der Waals surface area contributed by atoms with Crippen molar-refractivity contribution in [3.63, 3.8) is 0 Å². The fourth-order valence-electron chi connectivity index (χ4n) is 3.05. The second kappa shape index (κ2) is 8.17. The van der Waals surface area contributed by atoms with Gasteiger partial charge in [0.1, 0.15) is 22.8 Å². The molecule has 5 nitrogen and oxygen atoms in total. The number of piperidine rings is 1. The van der Waals surface area contributed by atoms with Gasteiger partial charge in [-0.05, 0) is 45.4 Å². The summed E-state index contributed by atoms with van der Waals surface area (Å²) in [4.78, 5) is 12.7. The van der Waals surface area contributed by atoms with Crippen LogP contribution in [-0.2, 0) is 0 Å². The number of amides is 1. The highest BCUT2D eigenvalue weighted by atomic mass is 35.5. The molecule has 1 aromatic carbocycles. The number of carbonyl (C=O) groups excluding carboxylic acids is 1. The minimum atomic E-state index is -0.541. The van der Waals surface area contributed by atoms with Crippen LogP contribution in [0.15, 0.2) is 22.7 Å². The standard InChI is InChI=1S/C17H19ClFN3O2.ClH/c1-9-8-11(6-7-20-9)21-17(23)14-10(2)24-22-16(14)15-12(18)4-3-5-13(15)19;/h3-5,9,11,20H,6-8H2,1-2H3,(H,21,23);1H. The molecule has 2 aromatic rings. The van der Waals surface area contributed by atoms with Crippen molar-refractivity contribution in [3.05, 3.63) is 40.4 Å². The molecule has 1 amide bonds. The van der Waals surface area contributed by atoms with Gasteiger partial charge < -0.3 is 15.2 Å². The molecule has 0 aliphatic carbocycles. The molecule has 25 heavy (non-hydrogen) atoms. The van der Waals surface area contributed by atoms with E-state index >= 15 is 0 Å². The molecule has 0 saturated carbocycles. The summed E-state index contributed by atoms with van der Waals surface area (Å²) in [7, 11) is 0. The molecule has 2 heterocycles. The fourth-order valence-corrected chi connectivity index (χ4v) is 3.31. The third-order valence-corrected chi connectivity index (χ3v) is 4.56. The molecule has 1 saturated heterocycles. The minimum Gasteiger partial charge on any atom is -0.360 e. The monoisotopic (exact) mass is 387 g/mol. The number of halogens is 3. The average Bonchev–Trinajstić information content (AvgIpc) is 2.89. The highest BCUT2D eigenvalue weighted by Gasteiger charge is 2.28. The third kappa shape index (κ3) is 4.14. The number of hydrogen-bond donors (Lipinski definition) is 2. The predicted octanol–water partition coefficient (Wildman–Crippen LogP) is 3.73. The number of benzene rings is 1. The molecule has 1 aromatic heterocycles. The molecule has 0 bridgehead atoms. The van der Waals surface area contributed by atoms with Crippen molar-refractivity contribution in [1.82, 2.24) is 15.8 Å². The van der Waals surface area contributed by atoms with Gasteiger partial charge in [-0.25, -0.2) is 4.39 Å². The smallest absolute Gasteiger partial charge is 0.257 e. The first-order valence-corrected chi connectivity index (χ1v) is 8.30. The molecule has 1 aliphatic heterocycles. The van der Waals surface area contributed by atoms with Gasteiger partial charge in [0.2, 0.25) is 0 Å². The second-order valence-corrected chi connectivity index (χ2v) is 6.52. The number of rotatable bonds is 3. The average molecular weight is 388 g/mol. The molecule has 2 unspecified atom stereocenters. The lowest BCUT2D eigenvalue weighted by atomic mass is 9.99. The van der Waals surface area contributed by atoms with Gasteiger partial charge in [-0.15, -0.1) is 12.4 Å². The zero-order valence-corrected chi connectivity index (χ0v) is 15.5. The van der Waals surface area contributed by atoms with E-state index in [-0.39, 0.29) is 46.2 Å². The minimum absolute atomic E-state index is 0. The summed E-state index contributed by atoms with van der Waals surface area (Å²) in [5.41, 5.74) is 0.447. The molecular formula is C17H20Cl2FN3O2. The van der Waals surface area contributed by atoms with Crippen LogP contribution in [0.1, 0.15) is 35.9 Å². The van der Waals surface area contributed by atoms with Crippen molar-refractivity contribution >= 4 is 29.9 Å². The topological polar surface area (TPSA) is 67.2 Å². The van der Waals surface area contributed by atoms with Crippen LogP contribution in [0.4, 0.5) is 4.39 Å².